The van der Waals surface area contributed by atoms with Crippen LogP contribution >= 0.6 is 0 Å². The summed E-state index contributed by atoms with van der Waals surface area (Å²) < 4.78 is 6.54. The lowest BCUT2D eigenvalue weighted by Gasteiger charge is -2.21. The van der Waals surface area contributed by atoms with Gasteiger partial charge < -0.3 is 4.42 Å². The summed E-state index contributed by atoms with van der Waals surface area (Å²) in [6.45, 7) is 4.65. The number of fused-ring (bicyclic) bond motifs is 6. The first kappa shape index (κ1) is 37.5. The number of benzene rings is 9. The van der Waals surface area contributed by atoms with Gasteiger partial charge >= 0.3 is 0 Å². The summed E-state index contributed by atoms with van der Waals surface area (Å²) in [6.07, 6.45) is 0. The molecule has 0 atom stereocenters. The van der Waals surface area contributed by atoms with E-state index in [1.165, 1.54) is 33.4 Å². The Balaban J connectivity index is 0.949. The normalized spacial score (nSPS) is 12.7. The summed E-state index contributed by atoms with van der Waals surface area (Å²) in [7, 11) is 0. The number of nitrogens with zero attached hydrogens (tertiary/aromatic N) is 3. The summed E-state index contributed by atoms with van der Waals surface area (Å²) in [5, 5.41) is 1.98. The van der Waals surface area contributed by atoms with Crippen molar-refractivity contribution in [2.24, 2.45) is 0 Å². The van der Waals surface area contributed by atoms with Gasteiger partial charge in [0.15, 0.2) is 17.5 Å². The zero-order chi connectivity index (χ0) is 42.8. The Kier molecular flexibility index (Phi) is 8.80. The topological polar surface area (TPSA) is 51.8 Å². The molecule has 0 N–H and O–H groups in total. The van der Waals surface area contributed by atoms with Crippen LogP contribution in [-0.2, 0) is 5.41 Å². The lowest BCUT2D eigenvalue weighted by atomic mass is 9.82. The van der Waals surface area contributed by atoms with Gasteiger partial charge in [-0.15, -0.1) is 0 Å². The zero-order valence-electron chi connectivity index (χ0n) is 35.5. The van der Waals surface area contributed by atoms with E-state index in [-0.39, 0.29) is 5.41 Å². The minimum absolute atomic E-state index is 0.0121. The highest BCUT2D eigenvalue weighted by Crippen LogP contribution is 2.49. The van der Waals surface area contributed by atoms with E-state index in [9.17, 15) is 0 Å². The Bertz CT molecular complexity index is 3550. The SMILES string of the molecule is CC1(C)c2ccccc2-c2cc(-c3ccc(-c4ccc5oc6cccc(-c7nc(-c8ccc(-c9ccccc9)cc8)nc(-c8cccc(-c9ccccc9)c8)n7)c6c5c4)cc3)ccc21. The standard InChI is InChI=1S/C60H41N3O/c1-60(2)52-21-10-9-19-48(52)50-36-45(31-33-53(50)60)41-23-25-42(26-24-41)46-32-34-54-51(37-46)56-49(20-12-22-55(56)64-54)59-62-57(43-29-27-40(28-30-43)38-13-5-3-6-14-38)61-58(63-59)47-18-11-17-44(35-47)39-15-7-4-8-16-39/h3-37H,1-2H3. The number of rotatable bonds is 7. The molecule has 0 unspecified atom stereocenters. The molecule has 0 saturated carbocycles. The van der Waals surface area contributed by atoms with Crippen LogP contribution in [0.4, 0.5) is 0 Å². The van der Waals surface area contributed by atoms with Crippen LogP contribution in [0.15, 0.2) is 217 Å². The van der Waals surface area contributed by atoms with Gasteiger partial charge in [0.25, 0.3) is 0 Å². The Morgan fingerprint density at radius 1 is 0.312 bits per heavy atom. The highest BCUT2D eigenvalue weighted by atomic mass is 16.3. The summed E-state index contributed by atoms with van der Waals surface area (Å²) >= 11 is 0. The third kappa shape index (κ3) is 6.42. The predicted octanol–water partition coefficient (Wildman–Crippen LogP) is 15.7. The minimum atomic E-state index is -0.0121. The van der Waals surface area contributed by atoms with Crippen LogP contribution in [-0.4, -0.2) is 15.0 Å². The van der Waals surface area contributed by atoms with E-state index >= 15 is 0 Å². The number of hydrogen-bond acceptors (Lipinski definition) is 4. The minimum Gasteiger partial charge on any atom is -0.456 e. The van der Waals surface area contributed by atoms with Crippen LogP contribution in [0.3, 0.4) is 0 Å². The van der Waals surface area contributed by atoms with Gasteiger partial charge in [-0.25, -0.2) is 15.0 Å². The lowest BCUT2D eigenvalue weighted by molar-refractivity contribution is 0.660. The molecular weight excluding hydrogens is 779 g/mol. The van der Waals surface area contributed by atoms with Crippen molar-refractivity contribution >= 4 is 21.9 Å². The molecule has 12 rings (SSSR count). The lowest BCUT2D eigenvalue weighted by Crippen LogP contribution is -2.14. The quantitative estimate of drug-likeness (QED) is 0.161. The van der Waals surface area contributed by atoms with Crippen molar-refractivity contribution in [3.63, 3.8) is 0 Å². The molecule has 0 radical (unpaired) electrons. The van der Waals surface area contributed by atoms with Crippen LogP contribution < -0.4 is 0 Å². The van der Waals surface area contributed by atoms with Gasteiger partial charge in [0.05, 0.1) is 0 Å². The molecule has 0 aliphatic heterocycles. The first-order valence-electron chi connectivity index (χ1n) is 21.8. The molecule has 1 aliphatic rings. The third-order valence-electron chi connectivity index (χ3n) is 13.0. The van der Waals surface area contributed by atoms with E-state index in [2.05, 4.69) is 202 Å². The molecule has 0 fully saturated rings. The summed E-state index contributed by atoms with van der Waals surface area (Å²) in [6, 6.07) is 75.0. The Labute approximate surface area is 372 Å². The third-order valence-corrected chi connectivity index (χ3v) is 13.0. The number of furan rings is 1. The van der Waals surface area contributed by atoms with Gasteiger partial charge in [-0.1, -0.05) is 196 Å². The average molecular weight is 820 g/mol. The van der Waals surface area contributed by atoms with E-state index in [1.807, 2.05) is 24.3 Å². The van der Waals surface area contributed by atoms with Gasteiger partial charge in [0.1, 0.15) is 11.2 Å². The van der Waals surface area contributed by atoms with E-state index in [4.69, 9.17) is 19.4 Å². The first-order chi connectivity index (χ1) is 31.4. The molecule has 302 valence electrons. The maximum Gasteiger partial charge on any atom is 0.164 e. The van der Waals surface area contributed by atoms with Crippen LogP contribution in [0.2, 0.25) is 0 Å². The highest BCUT2D eigenvalue weighted by Gasteiger charge is 2.35. The first-order valence-corrected chi connectivity index (χ1v) is 21.8. The van der Waals surface area contributed by atoms with Gasteiger partial charge in [-0.3, -0.25) is 0 Å². The molecule has 9 aromatic carbocycles. The smallest absolute Gasteiger partial charge is 0.164 e. The van der Waals surface area contributed by atoms with Crippen molar-refractivity contribution in [2.75, 3.05) is 0 Å². The fourth-order valence-corrected chi connectivity index (χ4v) is 9.61. The van der Waals surface area contributed by atoms with Crippen molar-refractivity contribution in [1.82, 2.24) is 15.0 Å². The van der Waals surface area contributed by atoms with Gasteiger partial charge in [0.2, 0.25) is 0 Å². The van der Waals surface area contributed by atoms with E-state index in [1.54, 1.807) is 0 Å². The predicted molar refractivity (Wildman–Crippen MR) is 263 cm³/mol. The van der Waals surface area contributed by atoms with Crippen molar-refractivity contribution < 1.29 is 4.42 Å². The zero-order valence-corrected chi connectivity index (χ0v) is 35.5. The molecule has 0 spiro atoms. The second kappa shape index (κ2) is 15.0. The molecular formula is C60H41N3O. The molecule has 0 amide bonds. The number of aromatic nitrogens is 3. The highest BCUT2D eigenvalue weighted by molar-refractivity contribution is 6.12. The molecule has 2 aromatic heterocycles. The van der Waals surface area contributed by atoms with Crippen molar-refractivity contribution in [3.05, 3.63) is 223 Å². The Hall–Kier alpha value is -8.21. The molecule has 2 heterocycles. The molecule has 1 aliphatic carbocycles. The largest absolute Gasteiger partial charge is 0.456 e. The summed E-state index contributed by atoms with van der Waals surface area (Å²) in [5.41, 5.74) is 18.9. The number of hydrogen-bond donors (Lipinski definition) is 0. The summed E-state index contributed by atoms with van der Waals surface area (Å²) in [5.74, 6) is 1.79. The molecule has 64 heavy (non-hydrogen) atoms. The summed E-state index contributed by atoms with van der Waals surface area (Å²) in [4.78, 5) is 15.6. The van der Waals surface area contributed by atoms with E-state index in [0.717, 1.165) is 72.0 Å². The van der Waals surface area contributed by atoms with Crippen LogP contribution in [0.25, 0.3) is 112 Å². The van der Waals surface area contributed by atoms with Crippen molar-refractivity contribution in [1.29, 1.82) is 0 Å². The van der Waals surface area contributed by atoms with Gasteiger partial charge in [-0.2, -0.15) is 0 Å². The fourth-order valence-electron chi connectivity index (χ4n) is 9.61. The van der Waals surface area contributed by atoms with Gasteiger partial charge in [-0.05, 0) is 97.1 Å². The van der Waals surface area contributed by atoms with E-state index in [0.29, 0.717) is 17.5 Å². The molecule has 4 heteroatoms. The van der Waals surface area contributed by atoms with Crippen LogP contribution in [0.1, 0.15) is 25.0 Å². The maximum absolute atomic E-state index is 6.54. The second-order valence-corrected chi connectivity index (χ2v) is 17.2. The molecule has 11 aromatic rings. The Morgan fingerprint density at radius 2 is 0.781 bits per heavy atom. The average Bonchev–Trinajstić information content (AvgIpc) is 3.85. The Morgan fingerprint density at radius 3 is 1.52 bits per heavy atom. The van der Waals surface area contributed by atoms with E-state index < -0.39 is 0 Å². The van der Waals surface area contributed by atoms with Crippen molar-refractivity contribution in [2.45, 2.75) is 19.3 Å². The van der Waals surface area contributed by atoms with Crippen LogP contribution in [0, 0.1) is 0 Å². The molecule has 4 nitrogen and oxygen atoms in total. The van der Waals surface area contributed by atoms with Crippen LogP contribution in [0.5, 0.6) is 0 Å². The monoisotopic (exact) mass is 819 g/mol. The van der Waals surface area contributed by atoms with Gasteiger partial charge in [0, 0.05) is 32.9 Å². The molecule has 0 bridgehead atoms. The fraction of sp³-hybridized carbons (Fsp3) is 0.0500. The molecule has 0 saturated heterocycles. The maximum atomic E-state index is 6.54. The van der Waals surface area contributed by atoms with Crippen molar-refractivity contribution in [3.8, 4) is 89.8 Å². The second-order valence-electron chi connectivity index (χ2n) is 17.2.